The largest absolute Gasteiger partial charge is 0.496 e. The predicted molar refractivity (Wildman–Crippen MR) is 88.3 cm³/mol. The molecule has 0 radical (unpaired) electrons. The van der Waals surface area contributed by atoms with Gasteiger partial charge in [0.1, 0.15) is 11.6 Å². The number of aromatic amines is 1. The Balaban J connectivity index is 1.61. The minimum Gasteiger partial charge on any atom is -0.496 e. The van der Waals surface area contributed by atoms with E-state index >= 15 is 0 Å². The van der Waals surface area contributed by atoms with Crippen molar-refractivity contribution in [2.24, 2.45) is 0 Å². The maximum Gasteiger partial charge on any atom is 0.223 e. The van der Waals surface area contributed by atoms with Crippen LogP contribution in [-0.2, 0) is 17.6 Å². The Labute approximate surface area is 136 Å². The van der Waals surface area contributed by atoms with Gasteiger partial charge >= 0.3 is 0 Å². The lowest BCUT2D eigenvalue weighted by Crippen LogP contribution is -2.37. The molecule has 122 valence electrons. The molecule has 0 spiro atoms. The van der Waals surface area contributed by atoms with Gasteiger partial charge in [0.05, 0.1) is 7.11 Å². The molecule has 1 saturated heterocycles. The van der Waals surface area contributed by atoms with Crippen molar-refractivity contribution < 1.29 is 9.53 Å². The zero-order chi connectivity index (χ0) is 16.1. The second-order valence-electron chi connectivity index (χ2n) is 5.94. The van der Waals surface area contributed by atoms with Gasteiger partial charge in [-0.1, -0.05) is 18.2 Å². The first-order chi connectivity index (χ1) is 11.3. The molecule has 1 aliphatic heterocycles. The Kier molecular flexibility index (Phi) is 4.95. The molecule has 3 rings (SSSR count). The third-order valence-electron chi connectivity index (χ3n) is 4.48. The minimum absolute atomic E-state index is 0.221. The summed E-state index contributed by atoms with van der Waals surface area (Å²) in [5.74, 6) is 2.00. The Morgan fingerprint density at radius 1 is 1.43 bits per heavy atom. The number of para-hydroxylation sites is 1. The summed E-state index contributed by atoms with van der Waals surface area (Å²) in [4.78, 5) is 21.8. The number of methoxy groups -OCH3 is 1. The number of likely N-dealkylation sites (tertiary alicyclic amines) is 1. The van der Waals surface area contributed by atoms with Gasteiger partial charge in [-0.05, 0) is 30.9 Å². The van der Waals surface area contributed by atoms with Crippen molar-refractivity contribution in [1.82, 2.24) is 14.9 Å². The average molecular weight is 313 g/mol. The van der Waals surface area contributed by atoms with Crippen molar-refractivity contribution in [3.8, 4) is 5.75 Å². The Morgan fingerprint density at radius 2 is 2.30 bits per heavy atom. The molecular formula is C18H23N3O2. The van der Waals surface area contributed by atoms with Crippen molar-refractivity contribution >= 4 is 5.91 Å². The fourth-order valence-corrected chi connectivity index (χ4v) is 3.31. The number of aryl methyl sites for hydroxylation is 1. The molecule has 2 aromatic rings. The number of carbonyl (C=O) groups is 1. The highest BCUT2D eigenvalue weighted by Gasteiger charge is 2.29. The number of amides is 1. The van der Waals surface area contributed by atoms with E-state index in [0.29, 0.717) is 12.8 Å². The summed E-state index contributed by atoms with van der Waals surface area (Å²) in [7, 11) is 1.69. The molecule has 1 aliphatic rings. The zero-order valence-corrected chi connectivity index (χ0v) is 13.5. The van der Waals surface area contributed by atoms with E-state index in [2.05, 4.69) is 16.0 Å². The number of hydrogen-bond acceptors (Lipinski definition) is 3. The number of rotatable bonds is 6. The standard InChI is InChI=1S/C18H23N3O2/c1-23-16-7-3-2-5-14(16)13-15-6-4-12-21(15)18(22)9-8-17-19-10-11-20-17/h2-3,5,7,10-11,15H,4,6,8-9,12-13H2,1H3,(H,19,20). The highest BCUT2D eigenvalue weighted by Crippen LogP contribution is 2.26. The first kappa shape index (κ1) is 15.6. The topological polar surface area (TPSA) is 58.2 Å². The Morgan fingerprint density at radius 3 is 3.09 bits per heavy atom. The molecule has 1 N–H and O–H groups in total. The molecule has 1 amide bonds. The van der Waals surface area contributed by atoms with Crippen LogP contribution in [0.15, 0.2) is 36.7 Å². The van der Waals surface area contributed by atoms with E-state index in [-0.39, 0.29) is 11.9 Å². The summed E-state index contributed by atoms with van der Waals surface area (Å²) in [5.41, 5.74) is 1.17. The number of benzene rings is 1. The lowest BCUT2D eigenvalue weighted by molar-refractivity contribution is -0.132. The first-order valence-electron chi connectivity index (χ1n) is 8.17. The van der Waals surface area contributed by atoms with Crippen molar-refractivity contribution in [1.29, 1.82) is 0 Å². The fraction of sp³-hybridized carbons (Fsp3) is 0.444. The molecule has 0 bridgehead atoms. The SMILES string of the molecule is COc1ccccc1CC1CCCN1C(=O)CCc1ncc[nH]1. The molecule has 23 heavy (non-hydrogen) atoms. The normalized spacial score (nSPS) is 17.4. The first-order valence-corrected chi connectivity index (χ1v) is 8.17. The lowest BCUT2D eigenvalue weighted by atomic mass is 10.0. The van der Waals surface area contributed by atoms with Crippen LogP contribution in [0, 0.1) is 0 Å². The highest BCUT2D eigenvalue weighted by atomic mass is 16.5. The van der Waals surface area contributed by atoms with E-state index in [1.165, 1.54) is 5.56 Å². The van der Waals surface area contributed by atoms with Crippen molar-refractivity contribution in [3.05, 3.63) is 48.0 Å². The van der Waals surface area contributed by atoms with Gasteiger partial charge < -0.3 is 14.6 Å². The third-order valence-corrected chi connectivity index (χ3v) is 4.48. The van der Waals surface area contributed by atoms with Crippen LogP contribution in [0.2, 0.25) is 0 Å². The van der Waals surface area contributed by atoms with Crippen molar-refractivity contribution in [2.75, 3.05) is 13.7 Å². The number of H-pyrrole nitrogens is 1. The number of ether oxygens (including phenoxy) is 1. The van der Waals surface area contributed by atoms with E-state index in [1.54, 1.807) is 19.5 Å². The molecule has 0 saturated carbocycles. The van der Waals surface area contributed by atoms with Gasteiger partial charge in [-0.25, -0.2) is 4.98 Å². The Hall–Kier alpha value is -2.30. The molecular weight excluding hydrogens is 290 g/mol. The minimum atomic E-state index is 0.221. The molecule has 1 atom stereocenters. The number of nitrogens with one attached hydrogen (secondary N) is 1. The smallest absolute Gasteiger partial charge is 0.223 e. The molecule has 1 aromatic heterocycles. The predicted octanol–water partition coefficient (Wildman–Crippen LogP) is 2.58. The third kappa shape index (κ3) is 3.73. The second-order valence-corrected chi connectivity index (χ2v) is 5.94. The van der Waals surface area contributed by atoms with Gasteiger partial charge in [0.25, 0.3) is 0 Å². The van der Waals surface area contributed by atoms with Crippen LogP contribution in [0.25, 0.3) is 0 Å². The van der Waals surface area contributed by atoms with Crippen molar-refractivity contribution in [2.45, 2.75) is 38.1 Å². The molecule has 2 heterocycles. The van der Waals surface area contributed by atoms with Crippen molar-refractivity contribution in [3.63, 3.8) is 0 Å². The number of aromatic nitrogens is 2. The van der Waals surface area contributed by atoms with Crippen LogP contribution < -0.4 is 4.74 Å². The van der Waals surface area contributed by atoms with Crippen LogP contribution in [0.5, 0.6) is 5.75 Å². The molecule has 5 heteroatoms. The molecule has 1 aromatic carbocycles. The zero-order valence-electron chi connectivity index (χ0n) is 13.5. The summed E-state index contributed by atoms with van der Waals surface area (Å²) in [6.07, 6.45) is 7.69. The van der Waals surface area contributed by atoms with Crippen LogP contribution in [0.3, 0.4) is 0 Å². The van der Waals surface area contributed by atoms with Gasteiger partial charge in [0.2, 0.25) is 5.91 Å². The molecule has 1 unspecified atom stereocenters. The molecule has 1 fully saturated rings. The Bertz CT molecular complexity index is 639. The van der Waals surface area contributed by atoms with E-state index in [9.17, 15) is 4.79 Å². The number of nitrogens with zero attached hydrogens (tertiary/aromatic N) is 2. The summed E-state index contributed by atoms with van der Waals surface area (Å²) in [5, 5.41) is 0. The quantitative estimate of drug-likeness (QED) is 0.892. The molecule has 0 aliphatic carbocycles. The fourth-order valence-electron chi connectivity index (χ4n) is 3.31. The van der Waals surface area contributed by atoms with E-state index in [0.717, 1.165) is 37.4 Å². The number of hydrogen-bond donors (Lipinski definition) is 1. The summed E-state index contributed by atoms with van der Waals surface area (Å²) < 4.78 is 5.43. The molecule has 5 nitrogen and oxygen atoms in total. The van der Waals surface area contributed by atoms with Gasteiger partial charge in [0.15, 0.2) is 0 Å². The van der Waals surface area contributed by atoms with E-state index in [4.69, 9.17) is 4.74 Å². The van der Waals surface area contributed by atoms with Gasteiger partial charge in [-0.2, -0.15) is 0 Å². The monoisotopic (exact) mass is 313 g/mol. The lowest BCUT2D eigenvalue weighted by Gasteiger charge is -2.25. The average Bonchev–Trinajstić information content (AvgIpc) is 3.25. The van der Waals surface area contributed by atoms with Crippen LogP contribution in [0.4, 0.5) is 0 Å². The highest BCUT2D eigenvalue weighted by molar-refractivity contribution is 5.77. The maximum absolute atomic E-state index is 12.5. The number of imidazole rings is 1. The summed E-state index contributed by atoms with van der Waals surface area (Å²) in [6.45, 7) is 0.858. The maximum atomic E-state index is 12.5. The van der Waals surface area contributed by atoms with Gasteiger partial charge in [-0.3, -0.25) is 4.79 Å². The van der Waals surface area contributed by atoms with E-state index in [1.807, 2.05) is 23.1 Å². The summed E-state index contributed by atoms with van der Waals surface area (Å²) in [6, 6.07) is 8.34. The second kappa shape index (κ2) is 7.31. The van der Waals surface area contributed by atoms with Crippen LogP contribution in [-0.4, -0.2) is 40.5 Å². The van der Waals surface area contributed by atoms with Crippen LogP contribution >= 0.6 is 0 Å². The van der Waals surface area contributed by atoms with E-state index < -0.39 is 0 Å². The van der Waals surface area contributed by atoms with Gasteiger partial charge in [0, 0.05) is 37.8 Å². The summed E-state index contributed by atoms with van der Waals surface area (Å²) >= 11 is 0. The van der Waals surface area contributed by atoms with Crippen LogP contribution in [0.1, 0.15) is 30.7 Å². The number of carbonyl (C=O) groups excluding carboxylic acids is 1. The van der Waals surface area contributed by atoms with Gasteiger partial charge in [-0.15, -0.1) is 0 Å².